The smallest absolute Gasteiger partial charge is 0.160 e. The molecule has 2 aliphatic rings. The van der Waals surface area contributed by atoms with Crippen LogP contribution in [0.3, 0.4) is 0 Å². The summed E-state index contributed by atoms with van der Waals surface area (Å²) in [6.45, 7) is 4.79. The predicted molar refractivity (Wildman–Crippen MR) is 266 cm³/mol. The molecule has 11 aromatic rings. The van der Waals surface area contributed by atoms with E-state index in [-0.39, 0.29) is 5.41 Å². The number of hydrogen-bond donors (Lipinski definition) is 0. The lowest BCUT2D eigenvalue weighted by Crippen LogP contribution is -2.40. The minimum absolute atomic E-state index is 0.239. The zero-order valence-electron chi connectivity index (χ0n) is 36.1. The molecule has 13 rings (SSSR count). The normalized spacial score (nSPS) is 13.9. The molecule has 1 spiro atoms. The first-order valence-corrected chi connectivity index (χ1v) is 22.5. The first-order chi connectivity index (χ1) is 32.0. The molecule has 0 saturated carbocycles. The minimum atomic E-state index is -0.417. The van der Waals surface area contributed by atoms with Crippen LogP contribution in [-0.2, 0) is 10.8 Å². The van der Waals surface area contributed by atoms with E-state index in [0.717, 1.165) is 66.7 Å². The second kappa shape index (κ2) is 14.2. The Morgan fingerprint density at radius 2 is 0.862 bits per heavy atom. The summed E-state index contributed by atoms with van der Waals surface area (Å²) in [5.74, 6) is 0.678. The topological polar surface area (TPSA) is 38.9 Å². The highest BCUT2D eigenvalue weighted by Gasteiger charge is 2.53. The van der Waals surface area contributed by atoms with E-state index in [4.69, 9.17) is 14.4 Å². The number of rotatable bonds is 5. The molecule has 3 heteroatoms. The van der Waals surface area contributed by atoms with Gasteiger partial charge in [-0.15, -0.1) is 0 Å². The fourth-order valence-electron chi connectivity index (χ4n) is 11.1. The first kappa shape index (κ1) is 37.4. The molecular weight excluding hydrogens is 789 g/mol. The number of furan rings is 1. The molecule has 2 aliphatic carbocycles. The highest BCUT2D eigenvalue weighted by atomic mass is 16.3. The van der Waals surface area contributed by atoms with Crippen molar-refractivity contribution in [3.63, 3.8) is 0 Å². The fourth-order valence-corrected chi connectivity index (χ4v) is 11.1. The maximum Gasteiger partial charge on any atom is 0.160 e. The molecule has 0 fully saturated rings. The van der Waals surface area contributed by atoms with Gasteiger partial charge in [0, 0.05) is 38.4 Å². The van der Waals surface area contributed by atoms with Crippen LogP contribution in [0.15, 0.2) is 223 Å². The molecule has 0 aliphatic heterocycles. The molecule has 0 unspecified atom stereocenters. The number of nitrogens with zero attached hydrogens (tertiary/aromatic N) is 2. The number of aromatic nitrogens is 2. The molecule has 0 atom stereocenters. The zero-order valence-corrected chi connectivity index (χ0v) is 36.1. The Bertz CT molecular complexity index is 3640. The van der Waals surface area contributed by atoms with Crippen LogP contribution in [0.2, 0.25) is 0 Å². The monoisotopic (exact) mass is 830 g/mol. The summed E-state index contributed by atoms with van der Waals surface area (Å²) in [4.78, 5) is 10.5. The summed E-state index contributed by atoms with van der Waals surface area (Å²) in [7, 11) is 0. The Morgan fingerprint density at radius 3 is 1.63 bits per heavy atom. The highest BCUT2D eigenvalue weighted by Crippen LogP contribution is 2.62. The lowest BCUT2D eigenvalue weighted by Gasteiger charge is -2.46. The molecule has 65 heavy (non-hydrogen) atoms. The van der Waals surface area contributed by atoms with Gasteiger partial charge >= 0.3 is 0 Å². The Kier molecular flexibility index (Phi) is 8.17. The summed E-state index contributed by atoms with van der Waals surface area (Å²) in [6, 6.07) is 78.9. The molecule has 0 bridgehead atoms. The van der Waals surface area contributed by atoms with Gasteiger partial charge in [-0.3, -0.25) is 0 Å². The average molecular weight is 831 g/mol. The van der Waals surface area contributed by atoms with Crippen molar-refractivity contribution >= 4 is 21.9 Å². The third-order valence-corrected chi connectivity index (χ3v) is 14.2. The lowest BCUT2D eigenvalue weighted by molar-refractivity contribution is 0.563. The quantitative estimate of drug-likeness (QED) is 0.173. The van der Waals surface area contributed by atoms with Gasteiger partial charge in [0.1, 0.15) is 11.2 Å². The third-order valence-electron chi connectivity index (χ3n) is 14.2. The van der Waals surface area contributed by atoms with Gasteiger partial charge in [-0.2, -0.15) is 0 Å². The van der Waals surface area contributed by atoms with Gasteiger partial charge in [0.2, 0.25) is 0 Å². The standard InChI is InChI=1S/C62H42N2O/c1-61(2)52-27-11-12-28-53(52)62(50-25-9-6-20-46(50)47-21-7-10-26-51(47)62)54-35-34-43(37-55(54)61)42-18-14-19-44(36-42)57-38-56(40-16-4-3-5-17-40)63-60(64-57)41-32-30-39(31-33-41)45-23-15-24-49-48-22-8-13-29-58(48)65-59(45)49/h3-38H,1-2H3. The van der Waals surface area contributed by atoms with E-state index >= 15 is 0 Å². The first-order valence-electron chi connectivity index (χ1n) is 22.5. The minimum Gasteiger partial charge on any atom is -0.455 e. The summed E-state index contributed by atoms with van der Waals surface area (Å²) in [5, 5.41) is 2.24. The molecule has 0 N–H and O–H groups in total. The molecule has 0 saturated heterocycles. The van der Waals surface area contributed by atoms with Crippen molar-refractivity contribution < 1.29 is 4.42 Å². The molecule has 0 amide bonds. The van der Waals surface area contributed by atoms with E-state index in [0.29, 0.717) is 5.82 Å². The van der Waals surface area contributed by atoms with Crippen molar-refractivity contribution in [3.8, 4) is 67.3 Å². The second-order valence-corrected chi connectivity index (χ2v) is 18.0. The van der Waals surface area contributed by atoms with Gasteiger partial charge in [-0.05, 0) is 85.5 Å². The van der Waals surface area contributed by atoms with Gasteiger partial charge in [-0.1, -0.05) is 208 Å². The largest absolute Gasteiger partial charge is 0.455 e. The van der Waals surface area contributed by atoms with E-state index in [1.54, 1.807) is 0 Å². The molecular formula is C62H42N2O. The number of para-hydroxylation sites is 2. The Hall–Kier alpha value is -8.14. The summed E-state index contributed by atoms with van der Waals surface area (Å²) in [6.07, 6.45) is 0. The van der Waals surface area contributed by atoms with Gasteiger partial charge in [-0.25, -0.2) is 9.97 Å². The van der Waals surface area contributed by atoms with Crippen LogP contribution in [0.25, 0.3) is 89.2 Å². The second-order valence-electron chi connectivity index (χ2n) is 18.0. The maximum atomic E-state index is 6.40. The molecule has 306 valence electrons. The fraction of sp³-hybridized carbons (Fsp3) is 0.0645. The summed E-state index contributed by atoms with van der Waals surface area (Å²) in [5.41, 5.74) is 21.2. The average Bonchev–Trinajstić information content (AvgIpc) is 3.90. The third kappa shape index (κ3) is 5.55. The Labute approximate surface area is 378 Å². The SMILES string of the molecule is CC1(C)c2ccccc2C2(c3ccccc3-c3ccccc32)c2ccc(-c3cccc(-c4cc(-c5ccccc5)nc(-c5ccc(-c6cccc7c6oc6ccccc67)cc5)n4)c3)cc21. The van der Waals surface area contributed by atoms with Gasteiger partial charge in [0.25, 0.3) is 0 Å². The lowest BCUT2D eigenvalue weighted by atomic mass is 9.55. The predicted octanol–water partition coefficient (Wildman–Crippen LogP) is 15.7. The zero-order chi connectivity index (χ0) is 43.3. The van der Waals surface area contributed by atoms with E-state index < -0.39 is 5.41 Å². The Morgan fingerprint density at radius 1 is 0.338 bits per heavy atom. The van der Waals surface area contributed by atoms with Gasteiger partial charge < -0.3 is 4.42 Å². The van der Waals surface area contributed by atoms with Crippen LogP contribution in [0, 0.1) is 0 Å². The molecule has 2 aromatic heterocycles. The van der Waals surface area contributed by atoms with Crippen molar-refractivity contribution in [1.82, 2.24) is 9.97 Å². The van der Waals surface area contributed by atoms with Crippen molar-refractivity contribution in [2.75, 3.05) is 0 Å². The van der Waals surface area contributed by atoms with Crippen LogP contribution in [0.4, 0.5) is 0 Å². The number of hydrogen-bond acceptors (Lipinski definition) is 3. The molecule has 0 radical (unpaired) electrons. The van der Waals surface area contributed by atoms with Crippen LogP contribution in [-0.4, -0.2) is 9.97 Å². The van der Waals surface area contributed by atoms with Gasteiger partial charge in [0.15, 0.2) is 5.82 Å². The van der Waals surface area contributed by atoms with E-state index in [9.17, 15) is 0 Å². The summed E-state index contributed by atoms with van der Waals surface area (Å²) >= 11 is 0. The molecule has 2 heterocycles. The van der Waals surface area contributed by atoms with Crippen LogP contribution in [0.1, 0.15) is 47.2 Å². The number of benzene rings is 9. The van der Waals surface area contributed by atoms with Crippen LogP contribution < -0.4 is 0 Å². The van der Waals surface area contributed by atoms with E-state index in [1.807, 2.05) is 18.2 Å². The van der Waals surface area contributed by atoms with E-state index in [2.05, 4.69) is 214 Å². The van der Waals surface area contributed by atoms with Gasteiger partial charge in [0.05, 0.1) is 16.8 Å². The summed E-state index contributed by atoms with van der Waals surface area (Å²) < 4.78 is 6.40. The maximum absolute atomic E-state index is 6.40. The molecule has 9 aromatic carbocycles. The highest BCUT2D eigenvalue weighted by molar-refractivity contribution is 6.09. The van der Waals surface area contributed by atoms with Crippen molar-refractivity contribution in [1.29, 1.82) is 0 Å². The van der Waals surface area contributed by atoms with Crippen molar-refractivity contribution in [2.45, 2.75) is 24.7 Å². The van der Waals surface area contributed by atoms with Crippen LogP contribution >= 0.6 is 0 Å². The molecule has 3 nitrogen and oxygen atoms in total. The van der Waals surface area contributed by atoms with E-state index in [1.165, 1.54) is 50.1 Å². The van der Waals surface area contributed by atoms with Crippen molar-refractivity contribution in [3.05, 3.63) is 252 Å². The van der Waals surface area contributed by atoms with Crippen LogP contribution in [0.5, 0.6) is 0 Å². The Balaban J connectivity index is 0.925. The van der Waals surface area contributed by atoms with Crippen molar-refractivity contribution in [2.24, 2.45) is 0 Å². The number of fused-ring (bicyclic) bond motifs is 12.